The van der Waals surface area contributed by atoms with Gasteiger partial charge in [-0.1, -0.05) is 41.0 Å². The van der Waals surface area contributed by atoms with Crippen molar-refractivity contribution in [2.75, 3.05) is 6.61 Å². The maximum Gasteiger partial charge on any atom is 0.344 e. The van der Waals surface area contributed by atoms with E-state index >= 15 is 0 Å². The van der Waals surface area contributed by atoms with Crippen molar-refractivity contribution in [3.8, 4) is 17.1 Å². The fourth-order valence-electron chi connectivity index (χ4n) is 2.34. The largest absolute Gasteiger partial charge is 0.482 e. The SMILES string of the molecule is Cc1cc(Cl)ccc1OCC(=O)OCc1nc(-c2ccccc2C)no1. The van der Waals surface area contributed by atoms with Crippen LogP contribution < -0.4 is 4.74 Å². The van der Waals surface area contributed by atoms with Gasteiger partial charge in [-0.05, 0) is 43.2 Å². The Balaban J connectivity index is 1.53. The maximum atomic E-state index is 11.8. The van der Waals surface area contributed by atoms with Crippen molar-refractivity contribution in [3.05, 3.63) is 64.5 Å². The molecule has 0 radical (unpaired) electrons. The molecule has 7 heteroatoms. The third kappa shape index (κ3) is 4.40. The number of carbonyl (C=O) groups is 1. The Morgan fingerprint density at radius 2 is 1.96 bits per heavy atom. The van der Waals surface area contributed by atoms with Gasteiger partial charge in [-0.2, -0.15) is 4.98 Å². The number of halogens is 1. The molecule has 0 saturated heterocycles. The number of rotatable bonds is 6. The standard InChI is InChI=1S/C19H17ClN2O4/c1-12-5-3-4-6-15(12)19-21-17(26-22-19)10-25-18(23)11-24-16-8-7-14(20)9-13(16)2/h3-9H,10-11H2,1-2H3. The third-order valence-electron chi connectivity index (χ3n) is 3.69. The highest BCUT2D eigenvalue weighted by atomic mass is 35.5. The molecule has 0 aliphatic heterocycles. The van der Waals surface area contributed by atoms with Crippen LogP contribution in [0.5, 0.6) is 5.75 Å². The van der Waals surface area contributed by atoms with Crippen LogP contribution in [0.15, 0.2) is 47.0 Å². The van der Waals surface area contributed by atoms with Gasteiger partial charge < -0.3 is 14.0 Å². The predicted molar refractivity (Wildman–Crippen MR) is 96.0 cm³/mol. The average Bonchev–Trinajstić information content (AvgIpc) is 3.08. The van der Waals surface area contributed by atoms with Gasteiger partial charge in [-0.25, -0.2) is 4.79 Å². The molecule has 0 saturated carbocycles. The highest BCUT2D eigenvalue weighted by Crippen LogP contribution is 2.22. The Kier molecular flexibility index (Phi) is 5.53. The van der Waals surface area contributed by atoms with Crippen molar-refractivity contribution < 1.29 is 18.8 Å². The zero-order valence-electron chi connectivity index (χ0n) is 14.4. The van der Waals surface area contributed by atoms with E-state index in [0.29, 0.717) is 16.6 Å². The lowest BCUT2D eigenvalue weighted by atomic mass is 10.1. The molecule has 1 heterocycles. The summed E-state index contributed by atoms with van der Waals surface area (Å²) in [5.41, 5.74) is 2.74. The number of aryl methyl sites for hydroxylation is 2. The van der Waals surface area contributed by atoms with Gasteiger partial charge in [0.1, 0.15) is 5.75 Å². The minimum absolute atomic E-state index is 0.110. The van der Waals surface area contributed by atoms with Crippen molar-refractivity contribution >= 4 is 17.6 Å². The minimum Gasteiger partial charge on any atom is -0.482 e. The molecular weight excluding hydrogens is 356 g/mol. The molecule has 0 amide bonds. The maximum absolute atomic E-state index is 11.8. The molecule has 134 valence electrons. The van der Waals surface area contributed by atoms with E-state index < -0.39 is 5.97 Å². The van der Waals surface area contributed by atoms with Crippen molar-refractivity contribution in [3.63, 3.8) is 0 Å². The number of aromatic nitrogens is 2. The van der Waals surface area contributed by atoms with Crippen LogP contribution >= 0.6 is 11.6 Å². The summed E-state index contributed by atoms with van der Waals surface area (Å²) in [6.07, 6.45) is 0. The number of hydrogen-bond donors (Lipinski definition) is 0. The molecule has 1 aromatic heterocycles. The summed E-state index contributed by atoms with van der Waals surface area (Å²) >= 11 is 5.88. The van der Waals surface area contributed by atoms with Crippen molar-refractivity contribution in [1.29, 1.82) is 0 Å². The van der Waals surface area contributed by atoms with E-state index in [9.17, 15) is 4.79 Å². The first-order valence-corrected chi connectivity index (χ1v) is 8.34. The number of nitrogens with zero attached hydrogens (tertiary/aromatic N) is 2. The van der Waals surface area contributed by atoms with E-state index in [4.69, 9.17) is 25.6 Å². The van der Waals surface area contributed by atoms with Crippen LogP contribution in [0.25, 0.3) is 11.4 Å². The molecule has 0 atom stereocenters. The summed E-state index contributed by atoms with van der Waals surface area (Å²) in [5, 5.41) is 4.53. The van der Waals surface area contributed by atoms with Gasteiger partial charge in [0, 0.05) is 10.6 Å². The molecule has 0 unspecified atom stereocenters. The molecule has 26 heavy (non-hydrogen) atoms. The molecule has 3 aromatic rings. The molecule has 0 fully saturated rings. The Bertz CT molecular complexity index is 923. The van der Waals surface area contributed by atoms with Crippen LogP contribution in [-0.4, -0.2) is 22.7 Å². The number of esters is 1. The number of hydrogen-bond acceptors (Lipinski definition) is 6. The molecule has 6 nitrogen and oxygen atoms in total. The van der Waals surface area contributed by atoms with Crippen LogP contribution in [0, 0.1) is 13.8 Å². The zero-order valence-corrected chi connectivity index (χ0v) is 15.1. The first-order valence-electron chi connectivity index (χ1n) is 7.96. The quantitative estimate of drug-likeness (QED) is 0.606. The number of ether oxygens (including phenoxy) is 2. The van der Waals surface area contributed by atoms with Crippen molar-refractivity contribution in [2.24, 2.45) is 0 Å². The van der Waals surface area contributed by atoms with Crippen LogP contribution in [0.4, 0.5) is 0 Å². The summed E-state index contributed by atoms with van der Waals surface area (Å²) in [6, 6.07) is 12.9. The minimum atomic E-state index is -0.532. The van der Waals surface area contributed by atoms with Gasteiger partial charge in [-0.15, -0.1) is 0 Å². The highest BCUT2D eigenvalue weighted by molar-refractivity contribution is 6.30. The summed E-state index contributed by atoms with van der Waals surface area (Å²) in [5.74, 6) is 0.724. The van der Waals surface area contributed by atoms with E-state index in [0.717, 1.165) is 16.7 Å². The first-order chi connectivity index (χ1) is 12.5. The lowest BCUT2D eigenvalue weighted by Crippen LogP contribution is -2.15. The van der Waals surface area contributed by atoms with Gasteiger partial charge >= 0.3 is 5.97 Å². The molecule has 0 bridgehead atoms. The van der Waals surface area contributed by atoms with E-state index in [1.54, 1.807) is 18.2 Å². The molecule has 3 rings (SSSR count). The van der Waals surface area contributed by atoms with Crippen LogP contribution in [0.1, 0.15) is 17.0 Å². The molecule has 0 aliphatic carbocycles. The topological polar surface area (TPSA) is 74.5 Å². The van der Waals surface area contributed by atoms with Crippen LogP contribution in [-0.2, 0) is 16.1 Å². The summed E-state index contributed by atoms with van der Waals surface area (Å²) in [7, 11) is 0. The first kappa shape index (κ1) is 17.9. The molecule has 0 spiro atoms. The van der Waals surface area contributed by atoms with E-state index in [1.165, 1.54) is 0 Å². The monoisotopic (exact) mass is 372 g/mol. The second-order valence-electron chi connectivity index (χ2n) is 5.69. The van der Waals surface area contributed by atoms with E-state index in [2.05, 4.69) is 10.1 Å². The smallest absolute Gasteiger partial charge is 0.344 e. The third-order valence-corrected chi connectivity index (χ3v) is 3.93. The van der Waals surface area contributed by atoms with Gasteiger partial charge in [-0.3, -0.25) is 0 Å². The Labute approximate surface area is 155 Å². The lowest BCUT2D eigenvalue weighted by Gasteiger charge is -2.08. The van der Waals surface area contributed by atoms with Gasteiger partial charge in [0.25, 0.3) is 5.89 Å². The highest BCUT2D eigenvalue weighted by Gasteiger charge is 2.13. The van der Waals surface area contributed by atoms with E-state index in [-0.39, 0.29) is 19.1 Å². The average molecular weight is 373 g/mol. The summed E-state index contributed by atoms with van der Waals surface area (Å²) in [4.78, 5) is 16.1. The van der Waals surface area contributed by atoms with Crippen LogP contribution in [0.2, 0.25) is 5.02 Å². The number of benzene rings is 2. The predicted octanol–water partition coefficient (Wildman–Crippen LogP) is 4.13. The Hall–Kier alpha value is -2.86. The molecule has 0 aliphatic rings. The normalized spacial score (nSPS) is 10.6. The summed E-state index contributed by atoms with van der Waals surface area (Å²) in [6.45, 7) is 3.47. The van der Waals surface area contributed by atoms with Crippen molar-refractivity contribution in [2.45, 2.75) is 20.5 Å². The van der Waals surface area contributed by atoms with E-state index in [1.807, 2.05) is 38.1 Å². The van der Waals surface area contributed by atoms with Gasteiger partial charge in [0.05, 0.1) is 0 Å². The lowest BCUT2D eigenvalue weighted by molar-refractivity contribution is -0.148. The second-order valence-corrected chi connectivity index (χ2v) is 6.12. The van der Waals surface area contributed by atoms with Gasteiger partial charge in [0.2, 0.25) is 5.82 Å². The number of carbonyl (C=O) groups excluding carboxylic acids is 1. The fourth-order valence-corrected chi connectivity index (χ4v) is 2.57. The summed E-state index contributed by atoms with van der Waals surface area (Å²) < 4.78 is 15.7. The second kappa shape index (κ2) is 8.01. The van der Waals surface area contributed by atoms with Crippen LogP contribution in [0.3, 0.4) is 0 Å². The Morgan fingerprint density at radius 1 is 1.15 bits per heavy atom. The molecular formula is C19H17ClN2O4. The van der Waals surface area contributed by atoms with Crippen molar-refractivity contribution in [1.82, 2.24) is 10.1 Å². The molecule has 2 aromatic carbocycles. The van der Waals surface area contributed by atoms with Gasteiger partial charge in [0.15, 0.2) is 13.2 Å². The zero-order chi connectivity index (χ0) is 18.5. The molecule has 0 N–H and O–H groups in total. The fraction of sp³-hybridized carbons (Fsp3) is 0.211. The Morgan fingerprint density at radius 3 is 2.73 bits per heavy atom.